The van der Waals surface area contributed by atoms with E-state index in [2.05, 4.69) is 4.90 Å². The van der Waals surface area contributed by atoms with Gasteiger partial charge >= 0.3 is 6.03 Å². The van der Waals surface area contributed by atoms with Crippen LogP contribution in [0, 0.1) is 5.82 Å². The van der Waals surface area contributed by atoms with Gasteiger partial charge in [-0.15, -0.1) is 0 Å². The quantitative estimate of drug-likeness (QED) is 0.758. The molecule has 0 radical (unpaired) electrons. The van der Waals surface area contributed by atoms with Gasteiger partial charge in [-0.1, -0.05) is 0 Å². The number of urea groups is 1. The summed E-state index contributed by atoms with van der Waals surface area (Å²) in [5.41, 5.74) is 1.01. The number of benzene rings is 1. The molecule has 1 heterocycles. The van der Waals surface area contributed by atoms with E-state index in [1.54, 1.807) is 31.1 Å². The molecule has 4 nitrogen and oxygen atoms in total. The SMILES string of the molecule is CN(C)C(=O)N1CCN(c2ccc(F)cc2)CC1. The highest BCUT2D eigenvalue weighted by atomic mass is 19.1. The van der Waals surface area contributed by atoms with Gasteiger partial charge in [0.1, 0.15) is 5.82 Å². The van der Waals surface area contributed by atoms with Crippen molar-refractivity contribution in [2.75, 3.05) is 45.2 Å². The highest BCUT2D eigenvalue weighted by molar-refractivity contribution is 5.74. The minimum Gasteiger partial charge on any atom is -0.368 e. The van der Waals surface area contributed by atoms with E-state index in [9.17, 15) is 9.18 Å². The first-order valence-corrected chi connectivity index (χ1v) is 6.04. The molecule has 98 valence electrons. The van der Waals surface area contributed by atoms with Crippen molar-refractivity contribution in [3.05, 3.63) is 30.1 Å². The van der Waals surface area contributed by atoms with Crippen LogP contribution in [0.25, 0.3) is 0 Å². The maximum atomic E-state index is 12.8. The molecular weight excluding hydrogens is 233 g/mol. The first-order chi connectivity index (χ1) is 8.58. The zero-order chi connectivity index (χ0) is 13.1. The normalized spacial score (nSPS) is 15.7. The average molecular weight is 251 g/mol. The Kier molecular flexibility index (Phi) is 3.69. The first-order valence-electron chi connectivity index (χ1n) is 6.04. The van der Waals surface area contributed by atoms with Gasteiger partial charge in [0.15, 0.2) is 0 Å². The molecule has 0 atom stereocenters. The second-order valence-electron chi connectivity index (χ2n) is 4.63. The van der Waals surface area contributed by atoms with Crippen molar-refractivity contribution in [2.24, 2.45) is 0 Å². The summed E-state index contributed by atoms with van der Waals surface area (Å²) >= 11 is 0. The average Bonchev–Trinajstić information content (AvgIpc) is 2.39. The molecule has 2 amide bonds. The maximum absolute atomic E-state index is 12.8. The molecule has 1 aromatic rings. The van der Waals surface area contributed by atoms with Crippen LogP contribution in [0.1, 0.15) is 0 Å². The van der Waals surface area contributed by atoms with Gasteiger partial charge in [0.05, 0.1) is 0 Å². The summed E-state index contributed by atoms with van der Waals surface area (Å²) < 4.78 is 12.8. The Morgan fingerprint density at radius 2 is 1.67 bits per heavy atom. The van der Waals surface area contributed by atoms with E-state index in [0.29, 0.717) is 13.1 Å². The van der Waals surface area contributed by atoms with Crippen molar-refractivity contribution in [3.63, 3.8) is 0 Å². The lowest BCUT2D eigenvalue weighted by Gasteiger charge is -2.37. The van der Waals surface area contributed by atoms with Crippen LogP contribution >= 0.6 is 0 Å². The lowest BCUT2D eigenvalue weighted by molar-refractivity contribution is 0.168. The molecule has 1 saturated heterocycles. The van der Waals surface area contributed by atoms with E-state index in [1.807, 2.05) is 4.90 Å². The van der Waals surface area contributed by atoms with Gasteiger partial charge in [-0.2, -0.15) is 0 Å². The van der Waals surface area contributed by atoms with Gasteiger partial charge in [0.25, 0.3) is 0 Å². The Hall–Kier alpha value is -1.78. The van der Waals surface area contributed by atoms with Gasteiger partial charge < -0.3 is 14.7 Å². The molecule has 0 spiro atoms. The summed E-state index contributed by atoms with van der Waals surface area (Å²) in [5, 5.41) is 0. The van der Waals surface area contributed by atoms with Crippen LogP contribution < -0.4 is 4.90 Å². The minimum absolute atomic E-state index is 0.0498. The van der Waals surface area contributed by atoms with E-state index in [0.717, 1.165) is 18.8 Å². The Labute approximate surface area is 107 Å². The van der Waals surface area contributed by atoms with Gasteiger partial charge in [0, 0.05) is 46.0 Å². The highest BCUT2D eigenvalue weighted by Gasteiger charge is 2.22. The van der Waals surface area contributed by atoms with Crippen LogP contribution in [0.4, 0.5) is 14.9 Å². The number of carbonyl (C=O) groups excluding carboxylic acids is 1. The van der Waals surface area contributed by atoms with Gasteiger partial charge in [-0.05, 0) is 24.3 Å². The van der Waals surface area contributed by atoms with Crippen molar-refractivity contribution in [1.82, 2.24) is 9.80 Å². The number of hydrogen-bond acceptors (Lipinski definition) is 2. The summed E-state index contributed by atoms with van der Waals surface area (Å²) in [6.45, 7) is 2.97. The molecule has 0 N–H and O–H groups in total. The molecule has 1 aromatic carbocycles. The molecule has 2 rings (SSSR count). The summed E-state index contributed by atoms with van der Waals surface area (Å²) in [6.07, 6.45) is 0. The lowest BCUT2D eigenvalue weighted by atomic mass is 10.2. The van der Waals surface area contributed by atoms with Gasteiger partial charge in [-0.3, -0.25) is 0 Å². The van der Waals surface area contributed by atoms with Gasteiger partial charge in [-0.25, -0.2) is 9.18 Å². The molecule has 1 aliphatic heterocycles. The van der Waals surface area contributed by atoms with Crippen LogP contribution in [0.5, 0.6) is 0 Å². The number of nitrogens with zero attached hydrogens (tertiary/aromatic N) is 3. The molecule has 0 aliphatic carbocycles. The van der Waals surface area contributed by atoms with Crippen molar-refractivity contribution in [3.8, 4) is 0 Å². The van der Waals surface area contributed by atoms with E-state index >= 15 is 0 Å². The fraction of sp³-hybridized carbons (Fsp3) is 0.462. The van der Waals surface area contributed by atoms with E-state index in [4.69, 9.17) is 0 Å². The molecule has 0 bridgehead atoms. The number of carbonyl (C=O) groups is 1. The smallest absolute Gasteiger partial charge is 0.319 e. The number of halogens is 1. The molecular formula is C13H18FN3O. The zero-order valence-electron chi connectivity index (χ0n) is 10.8. The maximum Gasteiger partial charge on any atom is 0.319 e. The summed E-state index contributed by atoms with van der Waals surface area (Å²) in [6, 6.07) is 6.53. The molecule has 0 unspecified atom stereocenters. The standard InChI is InChI=1S/C13H18FN3O/c1-15(2)13(18)17-9-7-16(8-10-17)12-5-3-11(14)4-6-12/h3-6H,7-10H2,1-2H3. The predicted molar refractivity (Wildman–Crippen MR) is 69.3 cm³/mol. The second-order valence-corrected chi connectivity index (χ2v) is 4.63. The Balaban J connectivity index is 1.94. The summed E-state index contributed by atoms with van der Waals surface area (Å²) in [4.78, 5) is 17.4. The van der Waals surface area contributed by atoms with Crippen LogP contribution in [-0.4, -0.2) is 56.1 Å². The fourth-order valence-corrected chi connectivity index (χ4v) is 2.09. The number of rotatable bonds is 1. The first kappa shape index (κ1) is 12.7. The van der Waals surface area contributed by atoms with Crippen LogP contribution in [0.2, 0.25) is 0 Å². The number of hydrogen-bond donors (Lipinski definition) is 0. The largest absolute Gasteiger partial charge is 0.368 e. The highest BCUT2D eigenvalue weighted by Crippen LogP contribution is 2.17. The fourth-order valence-electron chi connectivity index (χ4n) is 2.09. The topological polar surface area (TPSA) is 26.8 Å². The van der Waals surface area contributed by atoms with E-state index in [-0.39, 0.29) is 11.8 Å². The third-order valence-electron chi connectivity index (χ3n) is 3.12. The Morgan fingerprint density at radius 1 is 1.11 bits per heavy atom. The summed E-state index contributed by atoms with van der Waals surface area (Å²) in [5.74, 6) is -0.222. The third-order valence-corrected chi connectivity index (χ3v) is 3.12. The molecule has 1 fully saturated rings. The summed E-state index contributed by atoms with van der Waals surface area (Å²) in [7, 11) is 3.52. The number of amides is 2. The van der Waals surface area contributed by atoms with Crippen molar-refractivity contribution in [1.29, 1.82) is 0 Å². The number of anilines is 1. The molecule has 5 heteroatoms. The zero-order valence-corrected chi connectivity index (χ0v) is 10.8. The van der Waals surface area contributed by atoms with Crippen molar-refractivity contribution in [2.45, 2.75) is 0 Å². The Bertz CT molecular complexity index is 411. The lowest BCUT2D eigenvalue weighted by Crippen LogP contribution is -2.51. The van der Waals surface area contributed by atoms with Crippen LogP contribution in [0.15, 0.2) is 24.3 Å². The van der Waals surface area contributed by atoms with E-state index < -0.39 is 0 Å². The minimum atomic E-state index is -0.222. The van der Waals surface area contributed by atoms with E-state index in [1.165, 1.54) is 12.1 Å². The molecule has 0 saturated carbocycles. The van der Waals surface area contributed by atoms with Gasteiger partial charge in [0.2, 0.25) is 0 Å². The predicted octanol–water partition coefficient (Wildman–Crippen LogP) is 1.63. The molecule has 0 aromatic heterocycles. The van der Waals surface area contributed by atoms with Crippen LogP contribution in [-0.2, 0) is 0 Å². The van der Waals surface area contributed by atoms with Crippen molar-refractivity contribution >= 4 is 11.7 Å². The molecule has 18 heavy (non-hydrogen) atoms. The monoisotopic (exact) mass is 251 g/mol. The van der Waals surface area contributed by atoms with Crippen LogP contribution in [0.3, 0.4) is 0 Å². The third kappa shape index (κ3) is 2.72. The molecule has 1 aliphatic rings. The Morgan fingerprint density at radius 3 is 2.17 bits per heavy atom. The van der Waals surface area contributed by atoms with Crippen molar-refractivity contribution < 1.29 is 9.18 Å². The second kappa shape index (κ2) is 5.25. The number of piperazine rings is 1.